The zero-order valence-corrected chi connectivity index (χ0v) is 5.47. The van der Waals surface area contributed by atoms with Gasteiger partial charge in [0, 0.05) is 11.6 Å². The lowest BCUT2D eigenvalue weighted by Gasteiger charge is -1.93. The van der Waals surface area contributed by atoms with Crippen molar-refractivity contribution in [3.63, 3.8) is 0 Å². The van der Waals surface area contributed by atoms with Crippen LogP contribution >= 0.6 is 11.3 Å². The highest BCUT2D eigenvalue weighted by Gasteiger charge is 2.04. The summed E-state index contributed by atoms with van der Waals surface area (Å²) in [6, 6.07) is -0.537. The van der Waals surface area contributed by atoms with Gasteiger partial charge in [-0.15, -0.1) is 11.3 Å². The van der Waals surface area contributed by atoms with E-state index >= 15 is 0 Å². The molecule has 1 unspecified atom stereocenters. The summed E-state index contributed by atoms with van der Waals surface area (Å²) in [6.45, 7) is 0. The molecule has 0 aliphatic heterocycles. The van der Waals surface area contributed by atoms with Gasteiger partial charge in [-0.1, -0.05) is 0 Å². The molecule has 0 fully saturated rings. The van der Waals surface area contributed by atoms with Crippen molar-refractivity contribution in [2.24, 2.45) is 5.73 Å². The first-order chi connectivity index (χ1) is 4.34. The Morgan fingerprint density at radius 1 is 1.89 bits per heavy atom. The van der Waals surface area contributed by atoms with Gasteiger partial charge in [-0.25, -0.2) is 4.98 Å². The highest BCUT2D eigenvalue weighted by Crippen LogP contribution is 2.09. The number of aromatic nitrogens is 1. The van der Waals surface area contributed by atoms with E-state index in [0.717, 1.165) is 0 Å². The molecule has 0 aromatic carbocycles. The summed E-state index contributed by atoms with van der Waals surface area (Å²) in [5.74, 6) is 0. The molecule has 0 spiro atoms. The number of carbonyl (C=O) groups excluding carboxylic acids is 1. The largest absolute Gasteiger partial charge is 0.316 e. The molecule has 9 heavy (non-hydrogen) atoms. The van der Waals surface area contributed by atoms with Crippen LogP contribution in [-0.2, 0) is 4.79 Å². The third-order valence-electron chi connectivity index (χ3n) is 0.883. The number of rotatable bonds is 2. The number of hydrogen-bond donors (Lipinski definition) is 1. The zero-order valence-electron chi connectivity index (χ0n) is 4.65. The van der Waals surface area contributed by atoms with Crippen molar-refractivity contribution in [3.05, 3.63) is 16.6 Å². The standard InChI is InChI=1S/C5H6N2OS/c6-4(3-8)5-7-1-2-9-5/h1-4H,6H2. The molecule has 1 aromatic heterocycles. The third-order valence-corrected chi connectivity index (χ3v) is 1.76. The van der Waals surface area contributed by atoms with E-state index in [1.165, 1.54) is 11.3 Å². The van der Waals surface area contributed by atoms with Crippen molar-refractivity contribution in [1.82, 2.24) is 4.98 Å². The fourth-order valence-electron chi connectivity index (χ4n) is 0.457. The van der Waals surface area contributed by atoms with Crippen molar-refractivity contribution in [2.75, 3.05) is 0 Å². The Balaban J connectivity index is 2.76. The summed E-state index contributed by atoms with van der Waals surface area (Å²) in [5, 5.41) is 2.46. The van der Waals surface area contributed by atoms with Crippen molar-refractivity contribution in [2.45, 2.75) is 6.04 Å². The van der Waals surface area contributed by atoms with Crippen LogP contribution in [0.4, 0.5) is 0 Å². The fourth-order valence-corrected chi connectivity index (χ4v) is 1.05. The minimum atomic E-state index is -0.537. The Morgan fingerprint density at radius 3 is 3.11 bits per heavy atom. The second kappa shape index (κ2) is 2.70. The van der Waals surface area contributed by atoms with Crippen molar-refractivity contribution in [1.29, 1.82) is 0 Å². The Hall–Kier alpha value is -0.740. The number of nitrogens with two attached hydrogens (primary N) is 1. The van der Waals surface area contributed by atoms with E-state index in [9.17, 15) is 4.79 Å². The number of hydrogen-bond acceptors (Lipinski definition) is 4. The molecule has 1 atom stereocenters. The molecule has 48 valence electrons. The molecule has 0 aliphatic carbocycles. The van der Waals surface area contributed by atoms with Gasteiger partial charge >= 0.3 is 0 Å². The number of aldehydes is 1. The van der Waals surface area contributed by atoms with Gasteiger partial charge in [-0.3, -0.25) is 0 Å². The average Bonchev–Trinajstić information content (AvgIpc) is 2.37. The van der Waals surface area contributed by atoms with Gasteiger partial charge in [0.2, 0.25) is 0 Å². The second-order valence-electron chi connectivity index (χ2n) is 1.53. The SMILES string of the molecule is NC(C=O)c1nccs1. The normalized spacial score (nSPS) is 13.0. The van der Waals surface area contributed by atoms with Crippen LogP contribution in [0.15, 0.2) is 11.6 Å². The molecule has 1 rings (SSSR count). The quantitative estimate of drug-likeness (QED) is 0.606. The molecule has 0 amide bonds. The van der Waals surface area contributed by atoms with E-state index in [2.05, 4.69) is 4.98 Å². The number of nitrogens with zero attached hydrogens (tertiary/aromatic N) is 1. The molecule has 0 radical (unpaired) electrons. The van der Waals surface area contributed by atoms with Crippen molar-refractivity contribution in [3.8, 4) is 0 Å². The van der Waals surface area contributed by atoms with Crippen LogP contribution in [0.3, 0.4) is 0 Å². The summed E-state index contributed by atoms with van der Waals surface area (Å²) in [6.07, 6.45) is 2.31. The highest BCUT2D eigenvalue weighted by atomic mass is 32.1. The maximum absolute atomic E-state index is 10.0. The Morgan fingerprint density at radius 2 is 2.67 bits per heavy atom. The second-order valence-corrected chi connectivity index (χ2v) is 2.46. The summed E-state index contributed by atoms with van der Waals surface area (Å²) in [4.78, 5) is 13.9. The molecule has 1 aromatic rings. The van der Waals surface area contributed by atoms with Crippen LogP contribution in [-0.4, -0.2) is 11.3 Å². The van der Waals surface area contributed by atoms with Gasteiger partial charge in [0.25, 0.3) is 0 Å². The maximum atomic E-state index is 10.0. The lowest BCUT2D eigenvalue weighted by Crippen LogP contribution is -2.10. The topological polar surface area (TPSA) is 56.0 Å². The lowest BCUT2D eigenvalue weighted by molar-refractivity contribution is -0.109. The van der Waals surface area contributed by atoms with E-state index in [4.69, 9.17) is 5.73 Å². The highest BCUT2D eigenvalue weighted by molar-refractivity contribution is 7.09. The first kappa shape index (κ1) is 6.38. The average molecular weight is 142 g/mol. The van der Waals surface area contributed by atoms with Gasteiger partial charge < -0.3 is 10.5 Å². The third kappa shape index (κ3) is 1.34. The molecule has 0 aliphatic rings. The molecule has 4 heteroatoms. The summed E-state index contributed by atoms with van der Waals surface area (Å²) >= 11 is 1.39. The van der Waals surface area contributed by atoms with Crippen molar-refractivity contribution < 1.29 is 4.79 Å². The number of thiazole rings is 1. The predicted molar refractivity (Wildman–Crippen MR) is 35.1 cm³/mol. The van der Waals surface area contributed by atoms with Crippen LogP contribution in [0.2, 0.25) is 0 Å². The van der Waals surface area contributed by atoms with Gasteiger partial charge in [0.05, 0.1) is 0 Å². The minimum Gasteiger partial charge on any atom is -0.316 e. The van der Waals surface area contributed by atoms with Crippen LogP contribution in [0.1, 0.15) is 11.0 Å². The smallest absolute Gasteiger partial charge is 0.143 e. The maximum Gasteiger partial charge on any atom is 0.143 e. The minimum absolute atomic E-state index is 0.537. The fraction of sp³-hybridized carbons (Fsp3) is 0.200. The predicted octanol–water partition coefficient (Wildman–Crippen LogP) is 0.342. The van der Waals surface area contributed by atoms with E-state index in [1.54, 1.807) is 11.6 Å². The van der Waals surface area contributed by atoms with E-state index < -0.39 is 6.04 Å². The monoisotopic (exact) mass is 142 g/mol. The van der Waals surface area contributed by atoms with Gasteiger partial charge in [0.15, 0.2) is 0 Å². The van der Waals surface area contributed by atoms with Crippen molar-refractivity contribution >= 4 is 17.6 Å². The summed E-state index contributed by atoms with van der Waals surface area (Å²) in [7, 11) is 0. The molecule has 1 heterocycles. The molecule has 3 nitrogen and oxygen atoms in total. The van der Waals surface area contributed by atoms with Gasteiger partial charge in [0.1, 0.15) is 17.3 Å². The van der Waals surface area contributed by atoms with Crippen LogP contribution in [0.25, 0.3) is 0 Å². The number of carbonyl (C=O) groups is 1. The molecular weight excluding hydrogens is 136 g/mol. The van der Waals surface area contributed by atoms with E-state index in [-0.39, 0.29) is 0 Å². The van der Waals surface area contributed by atoms with E-state index in [1.807, 2.05) is 0 Å². The van der Waals surface area contributed by atoms with Gasteiger partial charge in [-0.2, -0.15) is 0 Å². The summed E-state index contributed by atoms with van der Waals surface area (Å²) in [5.41, 5.74) is 5.32. The Kier molecular flexibility index (Phi) is 1.92. The molecule has 0 saturated carbocycles. The first-order valence-electron chi connectivity index (χ1n) is 2.45. The molecule has 0 bridgehead atoms. The summed E-state index contributed by atoms with van der Waals surface area (Å²) < 4.78 is 0. The zero-order chi connectivity index (χ0) is 6.69. The Labute approximate surface area is 56.5 Å². The van der Waals surface area contributed by atoms with Crippen LogP contribution < -0.4 is 5.73 Å². The van der Waals surface area contributed by atoms with Crippen LogP contribution in [0.5, 0.6) is 0 Å². The van der Waals surface area contributed by atoms with Gasteiger partial charge in [-0.05, 0) is 0 Å². The lowest BCUT2D eigenvalue weighted by atomic mass is 10.4. The molecule has 2 N–H and O–H groups in total. The molecular formula is C5H6N2OS. The van der Waals surface area contributed by atoms with Crippen LogP contribution in [0, 0.1) is 0 Å². The van der Waals surface area contributed by atoms with E-state index in [0.29, 0.717) is 11.3 Å². The molecule has 0 saturated heterocycles. The Bertz CT molecular complexity index is 185. The first-order valence-corrected chi connectivity index (χ1v) is 3.33.